The first-order chi connectivity index (χ1) is 11.1. The Morgan fingerprint density at radius 3 is 2.61 bits per heavy atom. The molecule has 0 aliphatic rings. The van der Waals surface area contributed by atoms with Gasteiger partial charge in [-0.3, -0.25) is 9.59 Å². The van der Waals surface area contributed by atoms with Gasteiger partial charge in [-0.1, -0.05) is 25.1 Å². The van der Waals surface area contributed by atoms with E-state index in [1.807, 2.05) is 13.0 Å². The Morgan fingerprint density at radius 2 is 1.96 bits per heavy atom. The van der Waals surface area contributed by atoms with E-state index in [9.17, 15) is 9.59 Å². The number of aryl methyl sites for hydroxylation is 1. The fraction of sp³-hybridized carbons (Fsp3) is 0.312. The van der Waals surface area contributed by atoms with Gasteiger partial charge in [0.25, 0.3) is 0 Å². The summed E-state index contributed by atoms with van der Waals surface area (Å²) in [5.41, 5.74) is 0.687. The van der Waals surface area contributed by atoms with Gasteiger partial charge in [-0.25, -0.2) is 4.68 Å². The van der Waals surface area contributed by atoms with Gasteiger partial charge in [0.05, 0.1) is 12.7 Å². The number of carboxylic acids is 1. The number of nitrogens with one attached hydrogen (secondary N) is 1. The second kappa shape index (κ2) is 7.98. The number of nitrogens with zero attached hydrogens (tertiary/aromatic N) is 3. The zero-order valence-electron chi connectivity index (χ0n) is 13.0. The van der Waals surface area contributed by atoms with Crippen molar-refractivity contribution in [3.8, 4) is 0 Å². The van der Waals surface area contributed by atoms with Crippen molar-refractivity contribution < 1.29 is 14.7 Å². The number of para-hydroxylation sites is 1. The van der Waals surface area contributed by atoms with E-state index in [-0.39, 0.29) is 19.0 Å². The lowest BCUT2D eigenvalue weighted by Gasteiger charge is -2.22. The fourth-order valence-electron chi connectivity index (χ4n) is 2.23. The molecule has 0 atom stereocenters. The Hall–Kier alpha value is -2.83. The molecule has 7 heteroatoms. The lowest BCUT2D eigenvalue weighted by atomic mass is 10.3. The standard InChI is InChI=1S/C16H20N4O3/c1-2-10-20-14(8-9-17-20)18-15(21)11-19(12-16(22)23)13-6-4-3-5-7-13/h3-9H,2,10-12H2,1H3,(H,18,21)(H,22,23). The van der Waals surface area contributed by atoms with Gasteiger partial charge >= 0.3 is 5.97 Å². The van der Waals surface area contributed by atoms with Crippen molar-refractivity contribution in [2.24, 2.45) is 0 Å². The topological polar surface area (TPSA) is 87.5 Å². The normalized spacial score (nSPS) is 10.3. The predicted molar refractivity (Wildman–Crippen MR) is 87.4 cm³/mol. The van der Waals surface area contributed by atoms with Gasteiger partial charge in [-0.2, -0.15) is 5.10 Å². The summed E-state index contributed by atoms with van der Waals surface area (Å²) in [5.74, 6) is -0.661. The summed E-state index contributed by atoms with van der Waals surface area (Å²) in [6.07, 6.45) is 2.52. The van der Waals surface area contributed by atoms with E-state index >= 15 is 0 Å². The van der Waals surface area contributed by atoms with E-state index < -0.39 is 5.97 Å². The first-order valence-electron chi connectivity index (χ1n) is 7.43. The Bertz CT molecular complexity index is 654. The van der Waals surface area contributed by atoms with Gasteiger partial charge in [0, 0.05) is 18.3 Å². The molecule has 0 saturated carbocycles. The molecule has 0 unspecified atom stereocenters. The molecule has 1 aromatic heterocycles. The number of aromatic nitrogens is 2. The van der Waals surface area contributed by atoms with Gasteiger partial charge < -0.3 is 15.3 Å². The van der Waals surface area contributed by atoms with E-state index in [4.69, 9.17) is 5.11 Å². The number of carbonyl (C=O) groups excluding carboxylic acids is 1. The predicted octanol–water partition coefficient (Wildman–Crippen LogP) is 1.82. The van der Waals surface area contributed by atoms with Crippen molar-refractivity contribution in [1.29, 1.82) is 0 Å². The third-order valence-electron chi connectivity index (χ3n) is 3.20. The molecule has 2 aromatic rings. The van der Waals surface area contributed by atoms with Gasteiger partial charge in [0.2, 0.25) is 5.91 Å². The highest BCUT2D eigenvalue weighted by atomic mass is 16.4. The van der Waals surface area contributed by atoms with Gasteiger partial charge in [0.1, 0.15) is 12.4 Å². The molecule has 2 rings (SSSR count). The maximum atomic E-state index is 12.2. The largest absolute Gasteiger partial charge is 0.480 e. The zero-order chi connectivity index (χ0) is 16.7. The van der Waals surface area contributed by atoms with Crippen LogP contribution in [0.3, 0.4) is 0 Å². The second-order valence-corrected chi connectivity index (χ2v) is 5.07. The van der Waals surface area contributed by atoms with Crippen LogP contribution in [0.2, 0.25) is 0 Å². The number of aliphatic carboxylic acids is 1. The van der Waals surface area contributed by atoms with E-state index in [0.717, 1.165) is 6.42 Å². The Morgan fingerprint density at radius 1 is 1.22 bits per heavy atom. The summed E-state index contributed by atoms with van der Waals surface area (Å²) < 4.78 is 1.71. The summed E-state index contributed by atoms with van der Waals surface area (Å²) in [6, 6.07) is 10.7. The smallest absolute Gasteiger partial charge is 0.323 e. The van der Waals surface area contributed by atoms with Crippen molar-refractivity contribution in [3.05, 3.63) is 42.6 Å². The minimum atomic E-state index is -0.988. The van der Waals surface area contributed by atoms with E-state index in [1.54, 1.807) is 41.2 Å². The molecule has 1 heterocycles. The number of carbonyl (C=O) groups is 2. The second-order valence-electron chi connectivity index (χ2n) is 5.07. The third kappa shape index (κ3) is 4.84. The zero-order valence-corrected chi connectivity index (χ0v) is 13.0. The lowest BCUT2D eigenvalue weighted by molar-refractivity contribution is -0.135. The molecule has 122 valence electrons. The van der Waals surface area contributed by atoms with Crippen molar-refractivity contribution in [3.63, 3.8) is 0 Å². The highest BCUT2D eigenvalue weighted by Gasteiger charge is 2.15. The third-order valence-corrected chi connectivity index (χ3v) is 3.20. The maximum absolute atomic E-state index is 12.2. The quantitative estimate of drug-likeness (QED) is 0.775. The minimum Gasteiger partial charge on any atom is -0.480 e. The van der Waals surface area contributed by atoms with E-state index in [2.05, 4.69) is 10.4 Å². The van der Waals surface area contributed by atoms with Crippen molar-refractivity contribution in [1.82, 2.24) is 9.78 Å². The summed E-state index contributed by atoms with van der Waals surface area (Å²) in [5, 5.41) is 16.0. The molecule has 0 fully saturated rings. The first-order valence-corrected chi connectivity index (χ1v) is 7.43. The lowest BCUT2D eigenvalue weighted by Crippen LogP contribution is -2.37. The fourth-order valence-corrected chi connectivity index (χ4v) is 2.23. The highest BCUT2D eigenvalue weighted by molar-refractivity contribution is 5.94. The SMILES string of the molecule is CCCn1nccc1NC(=O)CN(CC(=O)O)c1ccccc1. The van der Waals surface area contributed by atoms with Crippen LogP contribution in [-0.4, -0.2) is 39.9 Å². The van der Waals surface area contributed by atoms with Crippen LogP contribution in [-0.2, 0) is 16.1 Å². The number of rotatable bonds is 8. The Labute approximate surface area is 134 Å². The highest BCUT2D eigenvalue weighted by Crippen LogP contribution is 2.13. The molecule has 1 aromatic carbocycles. The number of hydrogen-bond donors (Lipinski definition) is 2. The van der Waals surface area contributed by atoms with Crippen LogP contribution in [0.25, 0.3) is 0 Å². The summed E-state index contributed by atoms with van der Waals surface area (Å²) in [7, 11) is 0. The number of amides is 1. The molecule has 0 spiro atoms. The van der Waals surface area contributed by atoms with Crippen molar-refractivity contribution in [2.45, 2.75) is 19.9 Å². The summed E-state index contributed by atoms with van der Waals surface area (Å²) in [6.45, 7) is 2.44. The van der Waals surface area contributed by atoms with Gasteiger partial charge in [-0.05, 0) is 18.6 Å². The molecule has 0 bridgehead atoms. The first kappa shape index (κ1) is 16.5. The van der Waals surface area contributed by atoms with Gasteiger partial charge in [-0.15, -0.1) is 0 Å². The number of anilines is 2. The van der Waals surface area contributed by atoms with Crippen molar-refractivity contribution in [2.75, 3.05) is 23.3 Å². The molecule has 0 aliphatic carbocycles. The molecule has 1 amide bonds. The average Bonchev–Trinajstić information content (AvgIpc) is 2.94. The average molecular weight is 316 g/mol. The van der Waals surface area contributed by atoms with Gasteiger partial charge in [0.15, 0.2) is 0 Å². The molecule has 7 nitrogen and oxygen atoms in total. The Balaban J connectivity index is 2.05. The molecule has 0 aliphatic heterocycles. The molecule has 23 heavy (non-hydrogen) atoms. The molecule has 2 N–H and O–H groups in total. The number of hydrogen-bond acceptors (Lipinski definition) is 4. The van der Waals surface area contributed by atoms with Crippen molar-refractivity contribution >= 4 is 23.4 Å². The summed E-state index contributed by atoms with van der Waals surface area (Å²) >= 11 is 0. The van der Waals surface area contributed by atoms with Crippen LogP contribution in [0.4, 0.5) is 11.5 Å². The van der Waals surface area contributed by atoms with Crippen LogP contribution >= 0.6 is 0 Å². The number of carboxylic acid groups (broad SMARTS) is 1. The van der Waals surface area contributed by atoms with Crippen LogP contribution in [0, 0.1) is 0 Å². The number of benzene rings is 1. The Kier molecular flexibility index (Phi) is 5.74. The molecule has 0 saturated heterocycles. The minimum absolute atomic E-state index is 0.0480. The van der Waals surface area contributed by atoms with E-state index in [0.29, 0.717) is 18.1 Å². The van der Waals surface area contributed by atoms with Crippen LogP contribution < -0.4 is 10.2 Å². The monoisotopic (exact) mass is 316 g/mol. The summed E-state index contributed by atoms with van der Waals surface area (Å²) in [4.78, 5) is 24.8. The van der Waals surface area contributed by atoms with Crippen LogP contribution in [0.15, 0.2) is 42.6 Å². The molecule has 0 radical (unpaired) electrons. The molecular weight excluding hydrogens is 296 g/mol. The van der Waals surface area contributed by atoms with Crippen LogP contribution in [0.5, 0.6) is 0 Å². The maximum Gasteiger partial charge on any atom is 0.323 e. The van der Waals surface area contributed by atoms with E-state index in [1.165, 1.54) is 4.90 Å². The molecular formula is C16H20N4O3. The van der Waals surface area contributed by atoms with Crippen LogP contribution in [0.1, 0.15) is 13.3 Å².